The zero-order valence-corrected chi connectivity index (χ0v) is 40.0. The van der Waals surface area contributed by atoms with Gasteiger partial charge in [-0.05, 0) is 83.0 Å². The number of hydrogen-bond donors (Lipinski definition) is 2. The summed E-state index contributed by atoms with van der Waals surface area (Å²) in [5, 5.41) is 7.10. The molecule has 0 spiro atoms. The van der Waals surface area contributed by atoms with Gasteiger partial charge in [0.05, 0.1) is 18.7 Å². The molecule has 4 aliphatic rings. The number of benzene rings is 2. The molecular weight excluding hydrogens is 885 g/mol. The first-order valence-electron chi connectivity index (χ1n) is 24.7. The fraction of sp³-hybridized carbons (Fsp3) is 0.404. The lowest BCUT2D eigenvalue weighted by Crippen LogP contribution is -2.61. The van der Waals surface area contributed by atoms with E-state index in [-0.39, 0.29) is 29.8 Å². The minimum absolute atomic E-state index is 0.0535. The van der Waals surface area contributed by atoms with E-state index in [0.29, 0.717) is 56.5 Å². The van der Waals surface area contributed by atoms with Crippen molar-refractivity contribution >= 4 is 52.0 Å². The van der Waals surface area contributed by atoms with Gasteiger partial charge in [0, 0.05) is 125 Å². The van der Waals surface area contributed by atoms with E-state index >= 15 is 0 Å². The third kappa shape index (κ3) is 8.64. The molecule has 11 rings (SSSR count). The van der Waals surface area contributed by atoms with E-state index in [1.165, 1.54) is 24.8 Å². The number of anilines is 4. The molecule has 4 unspecified atom stereocenters. The molecule has 70 heavy (non-hydrogen) atoms. The Morgan fingerprint density at radius 3 is 1.77 bits per heavy atom. The zero-order valence-electron chi connectivity index (χ0n) is 40.0. The van der Waals surface area contributed by atoms with Crippen LogP contribution in [0.3, 0.4) is 0 Å². The highest BCUT2D eigenvalue weighted by Gasteiger charge is 2.40. The van der Waals surface area contributed by atoms with Crippen molar-refractivity contribution in [2.45, 2.75) is 63.7 Å². The summed E-state index contributed by atoms with van der Waals surface area (Å²) >= 11 is 0. The van der Waals surface area contributed by atoms with E-state index in [1.807, 2.05) is 39.9 Å². The lowest BCUT2D eigenvalue weighted by molar-refractivity contribution is -0.134. The largest absolute Gasteiger partial charge is 0.459 e. The fourth-order valence-corrected chi connectivity index (χ4v) is 10.9. The lowest BCUT2D eigenvalue weighted by Gasteiger charge is -2.45. The summed E-state index contributed by atoms with van der Waals surface area (Å²) in [5.74, 6) is 1.63. The van der Waals surface area contributed by atoms with Crippen LogP contribution in [0, 0.1) is 0 Å². The number of furan rings is 1. The summed E-state index contributed by atoms with van der Waals surface area (Å²) in [6, 6.07) is 19.8. The van der Waals surface area contributed by atoms with Crippen molar-refractivity contribution in [3.05, 3.63) is 110 Å². The molecule has 2 aromatic carbocycles. The van der Waals surface area contributed by atoms with Crippen molar-refractivity contribution in [2.24, 2.45) is 0 Å². The van der Waals surface area contributed by atoms with E-state index in [2.05, 4.69) is 90.9 Å². The van der Waals surface area contributed by atoms with Crippen LogP contribution in [0.1, 0.15) is 50.1 Å². The smallest absolute Gasteiger partial charge is 0.289 e. The van der Waals surface area contributed by atoms with E-state index in [0.717, 1.165) is 78.7 Å². The van der Waals surface area contributed by atoms with Crippen LogP contribution in [0.2, 0.25) is 0 Å². The molecule has 362 valence electrons. The van der Waals surface area contributed by atoms with Gasteiger partial charge >= 0.3 is 0 Å². The summed E-state index contributed by atoms with van der Waals surface area (Å²) in [4.78, 5) is 72.7. The Morgan fingerprint density at radius 2 is 1.19 bits per heavy atom. The fourth-order valence-electron chi connectivity index (χ4n) is 10.9. The maximum absolute atomic E-state index is 14.5. The molecule has 5 aromatic heterocycles. The van der Waals surface area contributed by atoms with Crippen LogP contribution >= 0.6 is 0 Å². The van der Waals surface area contributed by atoms with Crippen molar-refractivity contribution in [3.8, 4) is 22.5 Å². The Morgan fingerprint density at radius 1 is 0.629 bits per heavy atom. The van der Waals surface area contributed by atoms with Gasteiger partial charge in [0.2, 0.25) is 11.8 Å². The topological polar surface area (TPSA) is 168 Å². The zero-order chi connectivity index (χ0) is 47.9. The predicted octanol–water partition coefficient (Wildman–Crippen LogP) is 5.70. The molecule has 0 aliphatic carbocycles. The van der Waals surface area contributed by atoms with Crippen molar-refractivity contribution in [1.82, 2.24) is 48.3 Å². The second-order valence-corrected chi connectivity index (χ2v) is 19.1. The summed E-state index contributed by atoms with van der Waals surface area (Å²) in [6.45, 7) is 10.7. The first kappa shape index (κ1) is 45.0. The van der Waals surface area contributed by atoms with Crippen LogP contribution in [0.25, 0.3) is 33.8 Å². The Kier molecular flexibility index (Phi) is 12.3. The molecular formula is C52H60N14O4. The molecule has 7 aromatic rings. The van der Waals surface area contributed by atoms with Crippen LogP contribution in [0.5, 0.6) is 0 Å². The molecule has 4 atom stereocenters. The van der Waals surface area contributed by atoms with Crippen molar-refractivity contribution in [3.63, 3.8) is 0 Å². The van der Waals surface area contributed by atoms with Gasteiger partial charge in [0.15, 0.2) is 17.1 Å². The second kappa shape index (κ2) is 19.1. The van der Waals surface area contributed by atoms with Gasteiger partial charge in [-0.1, -0.05) is 24.3 Å². The normalized spacial score (nSPS) is 19.8. The summed E-state index contributed by atoms with van der Waals surface area (Å²) in [7, 11) is 2.18. The maximum atomic E-state index is 14.5. The number of carbonyl (C=O) groups is 3. The quantitative estimate of drug-likeness (QED) is 0.153. The van der Waals surface area contributed by atoms with Crippen molar-refractivity contribution in [2.75, 3.05) is 92.9 Å². The number of aromatic nitrogens is 6. The van der Waals surface area contributed by atoms with Gasteiger partial charge in [-0.15, -0.1) is 0 Å². The Hall–Kier alpha value is -7.47. The SMILES string of the molecule is CC(Nc1c(-c2ccc(N3CCCC3C3CN(C(=O)C(C)Nc4c(-c5ccc(N6CCCC6)cc5)nc5cnccn45)CCN3C)cc2)nc2cnccn12)C(=O)N1CCN(C(=O)c2ccco2)CC1. The highest BCUT2D eigenvalue weighted by molar-refractivity contribution is 5.92. The first-order valence-corrected chi connectivity index (χ1v) is 24.7. The molecule has 0 saturated carbocycles. The number of hydrogen-bond acceptors (Lipinski definition) is 13. The van der Waals surface area contributed by atoms with E-state index in [9.17, 15) is 14.4 Å². The molecule has 18 nitrogen and oxygen atoms in total. The minimum atomic E-state index is -0.565. The molecule has 18 heteroatoms. The van der Waals surface area contributed by atoms with Crippen LogP contribution in [-0.2, 0) is 9.59 Å². The highest BCUT2D eigenvalue weighted by atomic mass is 16.3. The summed E-state index contributed by atoms with van der Waals surface area (Å²) in [6.07, 6.45) is 16.7. The third-order valence-corrected chi connectivity index (χ3v) is 14.8. The Bertz CT molecular complexity index is 2980. The number of nitrogens with one attached hydrogen (secondary N) is 2. The monoisotopic (exact) mass is 944 g/mol. The summed E-state index contributed by atoms with van der Waals surface area (Å²) < 4.78 is 9.23. The number of rotatable bonds is 12. The number of amides is 3. The number of likely N-dealkylation sites (N-methyl/N-ethyl adjacent to an activating group) is 1. The van der Waals surface area contributed by atoms with Crippen molar-refractivity contribution in [1.29, 1.82) is 0 Å². The Labute approximate surface area is 406 Å². The standard InChI is InChI=1S/C52H60N14O4/c1-35(50(67)61-27-29-62(30-28-61)52(69)43-9-7-31-70-43)55-48-47(58-45-33-53-18-23-65(45)48)38-12-16-40(17-13-38)64-22-6-8-41(64)42-34-63(26-25-59(42)3)51(68)36(2)56-49-46(57-44-32-54-19-24-66(44)49)37-10-14-39(15-11-37)60-20-4-5-21-60/h7,9-19,23-24,31-33,35-36,41-42,55-56H,4-6,8,20-22,25-30,34H2,1-3H3. The highest BCUT2D eigenvalue weighted by Crippen LogP contribution is 2.36. The molecule has 0 bridgehead atoms. The van der Waals surface area contributed by atoms with E-state index in [4.69, 9.17) is 14.4 Å². The van der Waals surface area contributed by atoms with Gasteiger partial charge in [-0.2, -0.15) is 0 Å². The van der Waals surface area contributed by atoms with Gasteiger partial charge in [0.25, 0.3) is 5.91 Å². The molecule has 0 radical (unpaired) electrons. The van der Waals surface area contributed by atoms with E-state index in [1.54, 1.807) is 46.7 Å². The van der Waals surface area contributed by atoms with Gasteiger partial charge in [0.1, 0.15) is 35.1 Å². The van der Waals surface area contributed by atoms with Crippen LogP contribution < -0.4 is 20.4 Å². The third-order valence-electron chi connectivity index (χ3n) is 14.8. The van der Waals surface area contributed by atoms with Crippen LogP contribution in [0.15, 0.2) is 109 Å². The van der Waals surface area contributed by atoms with Crippen molar-refractivity contribution < 1.29 is 18.8 Å². The van der Waals surface area contributed by atoms with Gasteiger partial charge in [-0.3, -0.25) is 38.1 Å². The molecule has 4 aliphatic heterocycles. The average Bonchev–Trinajstić information content (AvgIpc) is 4.28. The average molecular weight is 945 g/mol. The number of carbonyl (C=O) groups excluding carboxylic acids is 3. The number of piperazine rings is 2. The molecule has 4 saturated heterocycles. The summed E-state index contributed by atoms with van der Waals surface area (Å²) in [5.41, 5.74) is 7.14. The van der Waals surface area contributed by atoms with Gasteiger partial charge in [-0.25, -0.2) is 9.97 Å². The maximum Gasteiger partial charge on any atom is 0.289 e. The number of fused-ring (bicyclic) bond motifs is 2. The lowest BCUT2D eigenvalue weighted by atomic mass is 10.00. The van der Waals surface area contributed by atoms with Crippen LogP contribution in [-0.4, -0.2) is 163 Å². The number of imidazole rings is 2. The molecule has 2 N–H and O–H groups in total. The van der Waals surface area contributed by atoms with Crippen LogP contribution in [0.4, 0.5) is 23.0 Å². The van der Waals surface area contributed by atoms with Gasteiger partial charge < -0.3 is 39.6 Å². The number of nitrogens with zero attached hydrogens (tertiary/aromatic N) is 12. The Balaban J connectivity index is 0.764. The van der Waals surface area contributed by atoms with E-state index < -0.39 is 12.1 Å². The second-order valence-electron chi connectivity index (χ2n) is 19.1. The first-order chi connectivity index (χ1) is 34.2. The molecule has 4 fully saturated rings. The molecule has 9 heterocycles. The minimum Gasteiger partial charge on any atom is -0.459 e. The molecule has 3 amide bonds. The predicted molar refractivity (Wildman–Crippen MR) is 269 cm³/mol.